The molecule has 3 rings (SSSR count). The van der Waals surface area contributed by atoms with Crippen LogP contribution >= 0.6 is 0 Å². The average Bonchev–Trinajstić information content (AvgIpc) is 3.23. The SMILES string of the molecule is CCN1CCC(CNC(=NC)N2CCC3(CCCC3)C2)C1. The Morgan fingerprint density at radius 1 is 1.24 bits per heavy atom. The van der Waals surface area contributed by atoms with Crippen LogP contribution in [0.15, 0.2) is 4.99 Å². The summed E-state index contributed by atoms with van der Waals surface area (Å²) >= 11 is 0. The highest BCUT2D eigenvalue weighted by Crippen LogP contribution is 2.45. The maximum Gasteiger partial charge on any atom is 0.193 e. The minimum Gasteiger partial charge on any atom is -0.356 e. The third kappa shape index (κ3) is 3.36. The summed E-state index contributed by atoms with van der Waals surface area (Å²) in [7, 11) is 1.94. The summed E-state index contributed by atoms with van der Waals surface area (Å²) in [6, 6.07) is 0. The topological polar surface area (TPSA) is 30.9 Å². The fourth-order valence-corrected chi connectivity index (χ4v) is 4.58. The number of hydrogen-bond acceptors (Lipinski definition) is 2. The van der Waals surface area contributed by atoms with Crippen LogP contribution in [0.3, 0.4) is 0 Å². The summed E-state index contributed by atoms with van der Waals surface area (Å²) in [5.74, 6) is 1.94. The van der Waals surface area contributed by atoms with Gasteiger partial charge in [-0.15, -0.1) is 0 Å². The smallest absolute Gasteiger partial charge is 0.193 e. The van der Waals surface area contributed by atoms with E-state index < -0.39 is 0 Å². The number of likely N-dealkylation sites (tertiary alicyclic amines) is 2. The normalized spacial score (nSPS) is 29.7. The molecule has 0 amide bonds. The number of nitrogens with zero attached hydrogens (tertiary/aromatic N) is 3. The van der Waals surface area contributed by atoms with Crippen LogP contribution in [0, 0.1) is 11.3 Å². The molecule has 3 fully saturated rings. The van der Waals surface area contributed by atoms with Gasteiger partial charge in [0.1, 0.15) is 0 Å². The van der Waals surface area contributed by atoms with Crippen molar-refractivity contribution in [2.75, 3.05) is 46.3 Å². The van der Waals surface area contributed by atoms with Crippen LogP contribution in [0.4, 0.5) is 0 Å². The molecule has 1 unspecified atom stereocenters. The second-order valence-corrected chi connectivity index (χ2v) is 7.35. The Hall–Kier alpha value is -0.770. The van der Waals surface area contributed by atoms with Gasteiger partial charge >= 0.3 is 0 Å². The van der Waals surface area contributed by atoms with Crippen molar-refractivity contribution < 1.29 is 0 Å². The van der Waals surface area contributed by atoms with Gasteiger partial charge in [-0.1, -0.05) is 19.8 Å². The zero-order valence-electron chi connectivity index (χ0n) is 13.9. The van der Waals surface area contributed by atoms with Crippen molar-refractivity contribution in [1.82, 2.24) is 15.1 Å². The van der Waals surface area contributed by atoms with E-state index in [1.54, 1.807) is 0 Å². The van der Waals surface area contributed by atoms with Crippen molar-refractivity contribution in [3.05, 3.63) is 0 Å². The van der Waals surface area contributed by atoms with Gasteiger partial charge in [0.25, 0.3) is 0 Å². The lowest BCUT2D eigenvalue weighted by Gasteiger charge is -2.26. The third-order valence-corrected chi connectivity index (χ3v) is 5.98. The molecule has 0 aromatic heterocycles. The molecule has 4 nitrogen and oxygen atoms in total. The Bertz CT molecular complexity index is 373. The van der Waals surface area contributed by atoms with E-state index in [0.29, 0.717) is 5.41 Å². The highest BCUT2D eigenvalue weighted by Gasteiger charge is 2.41. The second-order valence-electron chi connectivity index (χ2n) is 7.35. The number of rotatable bonds is 3. The van der Waals surface area contributed by atoms with Crippen LogP contribution < -0.4 is 5.32 Å². The van der Waals surface area contributed by atoms with Gasteiger partial charge < -0.3 is 15.1 Å². The minimum atomic E-state index is 0.629. The lowest BCUT2D eigenvalue weighted by molar-refractivity contribution is 0.308. The van der Waals surface area contributed by atoms with Gasteiger partial charge in [0.2, 0.25) is 0 Å². The number of hydrogen-bond donors (Lipinski definition) is 1. The molecule has 0 aromatic rings. The predicted molar refractivity (Wildman–Crippen MR) is 88.7 cm³/mol. The molecule has 2 aliphatic heterocycles. The molecule has 0 bridgehead atoms. The number of aliphatic imine (C=N–C) groups is 1. The lowest BCUT2D eigenvalue weighted by Crippen LogP contribution is -2.43. The quantitative estimate of drug-likeness (QED) is 0.639. The summed E-state index contributed by atoms with van der Waals surface area (Å²) < 4.78 is 0. The third-order valence-electron chi connectivity index (χ3n) is 5.98. The zero-order chi connectivity index (χ0) is 14.7. The first-order chi connectivity index (χ1) is 10.2. The standard InChI is InChI=1S/C17H32N4/c1-3-20-10-6-15(13-20)12-19-16(18-2)21-11-9-17(14-21)7-4-5-8-17/h15H,3-14H2,1-2H3,(H,18,19). The molecule has 4 heteroatoms. The van der Waals surface area contributed by atoms with Crippen LogP contribution in [0.5, 0.6) is 0 Å². The predicted octanol–water partition coefficient (Wildman–Crippen LogP) is 2.17. The maximum atomic E-state index is 4.54. The van der Waals surface area contributed by atoms with Crippen molar-refractivity contribution >= 4 is 5.96 Å². The molecule has 0 radical (unpaired) electrons. The van der Waals surface area contributed by atoms with Crippen molar-refractivity contribution in [1.29, 1.82) is 0 Å². The molecule has 2 saturated heterocycles. The van der Waals surface area contributed by atoms with Crippen LogP contribution in [0.2, 0.25) is 0 Å². The first kappa shape index (κ1) is 15.1. The summed E-state index contributed by atoms with van der Waals surface area (Å²) in [5.41, 5.74) is 0.629. The molecular formula is C17H32N4. The maximum absolute atomic E-state index is 4.54. The minimum absolute atomic E-state index is 0.629. The van der Waals surface area contributed by atoms with E-state index in [0.717, 1.165) is 18.4 Å². The Labute approximate surface area is 130 Å². The van der Waals surface area contributed by atoms with Gasteiger partial charge in [-0.05, 0) is 50.1 Å². The van der Waals surface area contributed by atoms with Crippen molar-refractivity contribution in [2.45, 2.75) is 45.4 Å². The van der Waals surface area contributed by atoms with E-state index in [-0.39, 0.29) is 0 Å². The molecule has 1 aliphatic carbocycles. The van der Waals surface area contributed by atoms with Crippen LogP contribution in [0.1, 0.15) is 45.4 Å². The molecular weight excluding hydrogens is 260 g/mol. The van der Waals surface area contributed by atoms with Crippen LogP contribution in [-0.2, 0) is 0 Å². The molecule has 1 spiro atoms. The van der Waals surface area contributed by atoms with E-state index in [2.05, 4.69) is 27.0 Å². The molecule has 120 valence electrons. The molecule has 1 N–H and O–H groups in total. The average molecular weight is 292 g/mol. The van der Waals surface area contributed by atoms with Crippen molar-refractivity contribution in [3.63, 3.8) is 0 Å². The van der Waals surface area contributed by atoms with E-state index in [1.807, 2.05) is 7.05 Å². The number of guanidine groups is 1. The molecule has 0 aromatic carbocycles. The highest BCUT2D eigenvalue weighted by atomic mass is 15.3. The van der Waals surface area contributed by atoms with E-state index in [4.69, 9.17) is 0 Å². The molecule has 2 heterocycles. The van der Waals surface area contributed by atoms with Gasteiger partial charge in [-0.25, -0.2) is 0 Å². The zero-order valence-corrected chi connectivity index (χ0v) is 13.9. The molecule has 1 saturated carbocycles. The second kappa shape index (κ2) is 6.55. The molecule has 21 heavy (non-hydrogen) atoms. The van der Waals surface area contributed by atoms with Crippen LogP contribution in [0.25, 0.3) is 0 Å². The number of nitrogens with one attached hydrogen (secondary N) is 1. The first-order valence-corrected chi connectivity index (χ1v) is 8.93. The molecule has 3 aliphatic rings. The van der Waals surface area contributed by atoms with Gasteiger partial charge in [0.05, 0.1) is 0 Å². The Morgan fingerprint density at radius 2 is 2.05 bits per heavy atom. The van der Waals surface area contributed by atoms with Crippen LogP contribution in [-0.4, -0.2) is 62.1 Å². The Kier molecular flexibility index (Phi) is 4.72. The van der Waals surface area contributed by atoms with Crippen molar-refractivity contribution in [2.24, 2.45) is 16.3 Å². The Morgan fingerprint density at radius 3 is 2.71 bits per heavy atom. The van der Waals surface area contributed by atoms with Gasteiger partial charge in [-0.3, -0.25) is 4.99 Å². The van der Waals surface area contributed by atoms with Gasteiger partial charge in [0, 0.05) is 33.2 Å². The van der Waals surface area contributed by atoms with E-state index in [1.165, 1.54) is 71.2 Å². The largest absolute Gasteiger partial charge is 0.356 e. The summed E-state index contributed by atoms with van der Waals surface area (Å²) in [6.07, 6.45) is 8.47. The summed E-state index contributed by atoms with van der Waals surface area (Å²) in [6.45, 7) is 9.51. The summed E-state index contributed by atoms with van der Waals surface area (Å²) in [4.78, 5) is 9.61. The lowest BCUT2D eigenvalue weighted by atomic mass is 9.86. The first-order valence-electron chi connectivity index (χ1n) is 8.93. The monoisotopic (exact) mass is 292 g/mol. The van der Waals surface area contributed by atoms with Gasteiger partial charge in [-0.2, -0.15) is 0 Å². The van der Waals surface area contributed by atoms with E-state index in [9.17, 15) is 0 Å². The van der Waals surface area contributed by atoms with Crippen molar-refractivity contribution in [3.8, 4) is 0 Å². The Balaban J connectivity index is 1.48. The fraction of sp³-hybridized carbons (Fsp3) is 0.941. The highest BCUT2D eigenvalue weighted by molar-refractivity contribution is 5.80. The van der Waals surface area contributed by atoms with Gasteiger partial charge in [0.15, 0.2) is 5.96 Å². The summed E-state index contributed by atoms with van der Waals surface area (Å²) in [5, 5.41) is 3.65. The fourth-order valence-electron chi connectivity index (χ4n) is 4.58. The van der Waals surface area contributed by atoms with E-state index >= 15 is 0 Å². The molecule has 1 atom stereocenters.